The van der Waals surface area contributed by atoms with E-state index in [0.717, 1.165) is 39.7 Å². The normalized spacial score (nSPS) is 12.8. The molecule has 0 saturated heterocycles. The minimum Gasteiger partial charge on any atom is -0.310 e. The molecular formula is C81H54N2. The lowest BCUT2D eigenvalue weighted by molar-refractivity contribution is 0.661. The van der Waals surface area contributed by atoms with Crippen LogP contribution in [-0.4, -0.2) is 0 Å². The maximum Gasteiger partial charge on any atom is 0.0546 e. The number of nitrogens with zero attached hydrogens (tertiary/aromatic N) is 2. The largest absolute Gasteiger partial charge is 0.310 e. The number of benzene rings is 16. The summed E-state index contributed by atoms with van der Waals surface area (Å²) >= 11 is 0. The van der Waals surface area contributed by atoms with Crippen molar-refractivity contribution < 1.29 is 0 Å². The van der Waals surface area contributed by atoms with E-state index in [2.05, 4.69) is 315 Å². The molecule has 1 aliphatic rings. The minimum atomic E-state index is -0.246. The van der Waals surface area contributed by atoms with Crippen molar-refractivity contribution >= 4 is 120 Å². The molecule has 16 aromatic carbocycles. The molecule has 2 heteroatoms. The van der Waals surface area contributed by atoms with Crippen molar-refractivity contribution in [3.8, 4) is 33.4 Å². The zero-order valence-corrected chi connectivity index (χ0v) is 46.1. The van der Waals surface area contributed by atoms with Crippen LogP contribution in [-0.2, 0) is 5.41 Å². The molecule has 0 fully saturated rings. The van der Waals surface area contributed by atoms with Gasteiger partial charge in [0, 0.05) is 39.1 Å². The lowest BCUT2D eigenvalue weighted by Gasteiger charge is -2.29. The smallest absolute Gasteiger partial charge is 0.0546 e. The summed E-state index contributed by atoms with van der Waals surface area (Å²) in [5.41, 5.74) is 16.5. The van der Waals surface area contributed by atoms with Crippen molar-refractivity contribution in [3.05, 3.63) is 302 Å². The van der Waals surface area contributed by atoms with Crippen molar-refractivity contribution in [3.63, 3.8) is 0 Å². The molecule has 16 aromatic rings. The first-order valence-corrected chi connectivity index (χ1v) is 29.0. The molecule has 0 N–H and O–H groups in total. The third-order valence-corrected chi connectivity index (χ3v) is 18.3. The van der Waals surface area contributed by atoms with Crippen LogP contribution in [0, 0.1) is 0 Å². The van der Waals surface area contributed by atoms with Gasteiger partial charge in [0.15, 0.2) is 0 Å². The Morgan fingerprint density at radius 2 is 0.663 bits per heavy atom. The molecule has 0 aromatic heterocycles. The zero-order valence-electron chi connectivity index (χ0n) is 46.1. The number of rotatable bonds is 8. The number of hydrogen-bond acceptors (Lipinski definition) is 2. The Balaban J connectivity index is 0.855. The Morgan fingerprint density at radius 3 is 1.28 bits per heavy atom. The van der Waals surface area contributed by atoms with Crippen LogP contribution in [0.1, 0.15) is 25.0 Å². The van der Waals surface area contributed by atoms with E-state index in [-0.39, 0.29) is 5.41 Å². The lowest BCUT2D eigenvalue weighted by Crippen LogP contribution is -2.15. The summed E-state index contributed by atoms with van der Waals surface area (Å²) in [7, 11) is 0. The molecule has 0 spiro atoms. The van der Waals surface area contributed by atoms with E-state index >= 15 is 0 Å². The Morgan fingerprint density at radius 1 is 0.229 bits per heavy atom. The molecule has 0 aliphatic heterocycles. The predicted molar refractivity (Wildman–Crippen MR) is 355 cm³/mol. The van der Waals surface area contributed by atoms with Crippen LogP contribution in [0.2, 0.25) is 0 Å². The molecule has 0 radical (unpaired) electrons. The monoisotopic (exact) mass is 1050 g/mol. The molecule has 0 saturated carbocycles. The average molecular weight is 1060 g/mol. The molecular weight excluding hydrogens is 1000 g/mol. The van der Waals surface area contributed by atoms with Crippen molar-refractivity contribution in [2.24, 2.45) is 0 Å². The first-order valence-electron chi connectivity index (χ1n) is 29.0. The van der Waals surface area contributed by atoms with Gasteiger partial charge in [-0.1, -0.05) is 226 Å². The van der Waals surface area contributed by atoms with E-state index < -0.39 is 0 Å². The highest BCUT2D eigenvalue weighted by atomic mass is 15.1. The Labute approximate surface area is 482 Å². The average Bonchev–Trinajstić information content (AvgIpc) is 2.97. The van der Waals surface area contributed by atoms with E-state index in [0.29, 0.717) is 0 Å². The molecule has 83 heavy (non-hydrogen) atoms. The van der Waals surface area contributed by atoms with Crippen LogP contribution < -0.4 is 9.80 Å². The van der Waals surface area contributed by atoms with Crippen LogP contribution in [0.4, 0.5) is 34.1 Å². The molecule has 17 rings (SSSR count). The summed E-state index contributed by atoms with van der Waals surface area (Å²) in [6, 6.07) is 109. The van der Waals surface area contributed by atoms with Gasteiger partial charge in [0.05, 0.1) is 11.4 Å². The highest BCUT2D eigenvalue weighted by molar-refractivity contribution is 6.29. The standard InChI is InChI=1S/C81H54N2/c1-81(2)75-47-57(35-41-69(75)74-49-72-67-27-15-13-25-65(67)66-26-14-16-28-68(66)73(72)50-76(74)81)64-40-34-58(48-78(64)82(59-21-5-3-6-22-59)60-23-7-4-8-24-60)63-39-31-53-33-43-71-77(44-36-54-32-42-70(63)79(53)80(54)71)83(61-37-29-51-17-9-11-19-55(51)45-61)62-38-30-52-18-10-12-20-56(52)46-62/h3-50H,1-2H3. The molecule has 388 valence electrons. The van der Waals surface area contributed by atoms with Gasteiger partial charge >= 0.3 is 0 Å². The molecule has 1 aliphatic carbocycles. The number of anilines is 6. The zero-order chi connectivity index (χ0) is 54.9. The second-order valence-electron chi connectivity index (χ2n) is 23.2. The fraction of sp³-hybridized carbons (Fsp3) is 0.0370. The van der Waals surface area contributed by atoms with Crippen LogP contribution >= 0.6 is 0 Å². The van der Waals surface area contributed by atoms with E-state index in [1.807, 2.05) is 0 Å². The highest BCUT2D eigenvalue weighted by Crippen LogP contribution is 2.54. The summed E-state index contributed by atoms with van der Waals surface area (Å²) < 4.78 is 0. The van der Waals surface area contributed by atoms with Crippen LogP contribution in [0.15, 0.2) is 291 Å². The van der Waals surface area contributed by atoms with Crippen LogP contribution in [0.5, 0.6) is 0 Å². The fourth-order valence-corrected chi connectivity index (χ4v) is 14.3. The molecule has 2 nitrogen and oxygen atoms in total. The Hall–Kier alpha value is -10.5. The summed E-state index contributed by atoms with van der Waals surface area (Å²) in [5, 5.41) is 20.1. The first kappa shape index (κ1) is 47.3. The van der Waals surface area contributed by atoms with Gasteiger partial charge in [-0.2, -0.15) is 0 Å². The molecule has 0 unspecified atom stereocenters. The van der Waals surface area contributed by atoms with Gasteiger partial charge in [-0.25, -0.2) is 0 Å². The third kappa shape index (κ3) is 7.29. The molecule has 0 heterocycles. The van der Waals surface area contributed by atoms with Gasteiger partial charge in [0.1, 0.15) is 0 Å². The SMILES string of the molecule is CC1(C)c2cc(-c3ccc(-c4ccc5ccc6c(N(c7ccc8ccccc8c7)c7ccc8ccccc8c7)ccc7ccc4c5c76)cc3N(c3ccccc3)c3ccccc3)ccc2-c2cc3c4ccccc4c4ccccc4c3cc21. The van der Waals surface area contributed by atoms with Crippen molar-refractivity contribution in [1.82, 2.24) is 0 Å². The second kappa shape index (κ2) is 18.2. The topological polar surface area (TPSA) is 6.48 Å². The number of fused-ring (bicyclic) bond motifs is 11. The van der Waals surface area contributed by atoms with Gasteiger partial charge in [-0.3, -0.25) is 0 Å². The summed E-state index contributed by atoms with van der Waals surface area (Å²) in [5.74, 6) is 0. The Bertz CT molecular complexity index is 5190. The van der Waals surface area contributed by atoms with Gasteiger partial charge < -0.3 is 9.80 Å². The number of para-hydroxylation sites is 2. The van der Waals surface area contributed by atoms with Crippen LogP contribution in [0.25, 0.3) is 120 Å². The van der Waals surface area contributed by atoms with E-state index in [9.17, 15) is 0 Å². The van der Waals surface area contributed by atoms with Gasteiger partial charge in [0.2, 0.25) is 0 Å². The Kier molecular flexibility index (Phi) is 10.4. The minimum absolute atomic E-state index is 0.246. The summed E-state index contributed by atoms with van der Waals surface area (Å²) in [4.78, 5) is 4.91. The number of hydrogen-bond donors (Lipinski definition) is 0. The summed E-state index contributed by atoms with van der Waals surface area (Å²) in [6.45, 7) is 4.84. The van der Waals surface area contributed by atoms with E-state index in [1.54, 1.807) is 0 Å². The molecule has 0 bridgehead atoms. The van der Waals surface area contributed by atoms with Gasteiger partial charge in [0.25, 0.3) is 0 Å². The first-order chi connectivity index (χ1) is 40.9. The van der Waals surface area contributed by atoms with Crippen LogP contribution in [0.3, 0.4) is 0 Å². The summed E-state index contributed by atoms with van der Waals surface area (Å²) in [6.07, 6.45) is 0. The predicted octanol–water partition coefficient (Wildman–Crippen LogP) is 22.9. The highest BCUT2D eigenvalue weighted by Gasteiger charge is 2.37. The van der Waals surface area contributed by atoms with Gasteiger partial charge in [-0.15, -0.1) is 0 Å². The van der Waals surface area contributed by atoms with Gasteiger partial charge in [-0.05, 0) is 199 Å². The maximum atomic E-state index is 2.51. The lowest BCUT2D eigenvalue weighted by atomic mass is 9.80. The third-order valence-electron chi connectivity index (χ3n) is 18.3. The second-order valence-corrected chi connectivity index (χ2v) is 23.2. The van der Waals surface area contributed by atoms with Crippen molar-refractivity contribution in [2.75, 3.05) is 9.80 Å². The molecule has 0 atom stereocenters. The van der Waals surface area contributed by atoms with E-state index in [1.165, 1.54) is 125 Å². The fourth-order valence-electron chi connectivity index (χ4n) is 14.3. The quantitative estimate of drug-likeness (QED) is 0.140. The molecule has 0 amide bonds. The maximum absolute atomic E-state index is 2.51. The van der Waals surface area contributed by atoms with Crippen molar-refractivity contribution in [2.45, 2.75) is 19.3 Å². The van der Waals surface area contributed by atoms with E-state index in [4.69, 9.17) is 0 Å². The van der Waals surface area contributed by atoms with Crippen molar-refractivity contribution in [1.29, 1.82) is 0 Å².